The predicted molar refractivity (Wildman–Crippen MR) is 83.6 cm³/mol. The van der Waals surface area contributed by atoms with Gasteiger partial charge in [-0.2, -0.15) is 0 Å². The summed E-state index contributed by atoms with van der Waals surface area (Å²) in [5, 5.41) is 0.855. The Morgan fingerprint density at radius 1 is 1.47 bits per heavy atom. The average Bonchev–Trinajstić information content (AvgIpc) is 2.31. The number of hydrogen-bond acceptors (Lipinski definition) is 3. The fourth-order valence-electron chi connectivity index (χ4n) is 1.35. The summed E-state index contributed by atoms with van der Waals surface area (Å²) in [7, 11) is 5.06. The van der Waals surface area contributed by atoms with E-state index in [1.807, 2.05) is 18.2 Å². The smallest absolute Gasteiger partial charge is 0.165 e. The van der Waals surface area contributed by atoms with Gasteiger partial charge in [0, 0.05) is 25.8 Å². The summed E-state index contributed by atoms with van der Waals surface area (Å²) in [6.07, 6.45) is 1.94. The first-order valence-corrected chi connectivity index (χ1v) is 5.94. The molecule has 6 heteroatoms. The molecule has 0 aliphatic heterocycles. The largest absolute Gasteiger partial charge is 0.494 e. The zero-order valence-electron chi connectivity index (χ0n) is 10.2. The maximum absolute atomic E-state index is 13.2. The van der Waals surface area contributed by atoms with E-state index in [1.165, 1.54) is 24.9 Å². The van der Waals surface area contributed by atoms with E-state index in [2.05, 4.69) is 4.99 Å². The van der Waals surface area contributed by atoms with E-state index in [0.717, 1.165) is 10.9 Å². The maximum atomic E-state index is 13.2. The third kappa shape index (κ3) is 4.02. The van der Waals surface area contributed by atoms with Gasteiger partial charge in [0.05, 0.1) is 7.11 Å². The number of ether oxygens (including phenoxy) is 1. The standard InChI is InChI=1S/C11H15FN2OS.HI/c1-13-11(16-4)14(2)8-5-6-9(12)10(7-8)15-3;/h5-7H,1-4H3;1H. The van der Waals surface area contributed by atoms with Crippen molar-refractivity contribution in [1.82, 2.24) is 0 Å². The molecule has 0 aliphatic rings. The summed E-state index contributed by atoms with van der Waals surface area (Å²) in [5.74, 6) is -0.125. The van der Waals surface area contributed by atoms with Gasteiger partial charge in [-0.3, -0.25) is 4.99 Å². The van der Waals surface area contributed by atoms with Gasteiger partial charge in [-0.05, 0) is 18.4 Å². The Morgan fingerprint density at radius 2 is 2.12 bits per heavy atom. The van der Waals surface area contributed by atoms with Crippen molar-refractivity contribution in [1.29, 1.82) is 0 Å². The summed E-state index contributed by atoms with van der Waals surface area (Å²) in [5.41, 5.74) is 0.841. The van der Waals surface area contributed by atoms with Crippen LogP contribution in [0.4, 0.5) is 10.1 Å². The van der Waals surface area contributed by atoms with E-state index in [0.29, 0.717) is 0 Å². The van der Waals surface area contributed by atoms with Crippen molar-refractivity contribution in [2.45, 2.75) is 0 Å². The van der Waals surface area contributed by atoms with Crippen LogP contribution in [0.2, 0.25) is 0 Å². The molecule has 3 nitrogen and oxygen atoms in total. The lowest BCUT2D eigenvalue weighted by molar-refractivity contribution is 0.386. The maximum Gasteiger partial charge on any atom is 0.165 e. The van der Waals surface area contributed by atoms with Crippen molar-refractivity contribution >= 4 is 46.6 Å². The third-order valence-electron chi connectivity index (χ3n) is 2.18. The summed E-state index contributed by atoms with van der Waals surface area (Å²) < 4.78 is 18.2. The van der Waals surface area contributed by atoms with Crippen molar-refractivity contribution in [3.63, 3.8) is 0 Å². The number of methoxy groups -OCH3 is 1. The van der Waals surface area contributed by atoms with E-state index < -0.39 is 0 Å². The molecule has 0 radical (unpaired) electrons. The number of amidine groups is 1. The van der Waals surface area contributed by atoms with E-state index in [-0.39, 0.29) is 35.5 Å². The Kier molecular flexibility index (Phi) is 7.53. The summed E-state index contributed by atoms with van der Waals surface area (Å²) >= 11 is 1.53. The first-order valence-electron chi connectivity index (χ1n) is 4.72. The van der Waals surface area contributed by atoms with Gasteiger partial charge >= 0.3 is 0 Å². The van der Waals surface area contributed by atoms with Crippen LogP contribution in [0, 0.1) is 5.82 Å². The number of hydrogen-bond donors (Lipinski definition) is 0. The number of aliphatic imine (C=N–C) groups is 1. The summed E-state index contributed by atoms with van der Waals surface area (Å²) in [6.45, 7) is 0. The molecule has 17 heavy (non-hydrogen) atoms. The lowest BCUT2D eigenvalue weighted by Crippen LogP contribution is -2.23. The number of thioether (sulfide) groups is 1. The minimum atomic E-state index is -0.362. The highest BCUT2D eigenvalue weighted by atomic mass is 127. The first-order chi connectivity index (χ1) is 7.63. The van der Waals surface area contributed by atoms with Gasteiger partial charge in [-0.15, -0.1) is 24.0 Å². The number of nitrogens with zero attached hydrogens (tertiary/aromatic N) is 2. The minimum absolute atomic E-state index is 0. The Balaban J connectivity index is 0.00000256. The molecule has 0 bridgehead atoms. The molecule has 0 aromatic heterocycles. The molecule has 0 amide bonds. The van der Waals surface area contributed by atoms with E-state index in [1.54, 1.807) is 19.2 Å². The van der Waals surface area contributed by atoms with Crippen LogP contribution in [-0.4, -0.2) is 32.6 Å². The molecule has 96 valence electrons. The van der Waals surface area contributed by atoms with E-state index >= 15 is 0 Å². The van der Waals surface area contributed by atoms with Gasteiger partial charge in [-0.25, -0.2) is 4.39 Å². The molecule has 0 saturated carbocycles. The monoisotopic (exact) mass is 370 g/mol. The van der Waals surface area contributed by atoms with Crippen molar-refractivity contribution in [3.05, 3.63) is 24.0 Å². The molecule has 0 spiro atoms. The van der Waals surface area contributed by atoms with Gasteiger partial charge in [0.1, 0.15) is 0 Å². The summed E-state index contributed by atoms with van der Waals surface area (Å²) in [6, 6.07) is 4.73. The highest BCUT2D eigenvalue weighted by Crippen LogP contribution is 2.25. The van der Waals surface area contributed by atoms with Crippen molar-refractivity contribution in [2.24, 2.45) is 4.99 Å². The molecule has 0 N–H and O–H groups in total. The van der Waals surface area contributed by atoms with Crippen molar-refractivity contribution < 1.29 is 9.13 Å². The van der Waals surface area contributed by atoms with E-state index in [4.69, 9.17) is 4.74 Å². The molecule has 0 atom stereocenters. The Labute approximate surface area is 122 Å². The van der Waals surface area contributed by atoms with Crippen LogP contribution in [0.15, 0.2) is 23.2 Å². The predicted octanol–water partition coefficient (Wildman–Crippen LogP) is 3.24. The van der Waals surface area contributed by atoms with Gasteiger partial charge < -0.3 is 9.64 Å². The van der Waals surface area contributed by atoms with Crippen molar-refractivity contribution in [2.75, 3.05) is 32.4 Å². The average molecular weight is 370 g/mol. The van der Waals surface area contributed by atoms with Gasteiger partial charge in [0.2, 0.25) is 0 Å². The third-order valence-corrected chi connectivity index (χ3v) is 3.00. The van der Waals surface area contributed by atoms with Crippen LogP contribution >= 0.6 is 35.7 Å². The molecule has 0 aliphatic carbocycles. The number of halogens is 2. The molecule has 0 unspecified atom stereocenters. The van der Waals surface area contributed by atoms with E-state index in [9.17, 15) is 4.39 Å². The van der Waals surface area contributed by atoms with Gasteiger partial charge in [0.15, 0.2) is 16.7 Å². The van der Waals surface area contributed by atoms with Gasteiger partial charge in [-0.1, -0.05) is 11.8 Å². The van der Waals surface area contributed by atoms with Crippen LogP contribution in [-0.2, 0) is 0 Å². The van der Waals surface area contributed by atoms with Crippen LogP contribution in [0.1, 0.15) is 0 Å². The molecule has 1 rings (SSSR count). The molecular formula is C11H16FIN2OS. The van der Waals surface area contributed by atoms with Crippen LogP contribution in [0.3, 0.4) is 0 Å². The molecule has 0 heterocycles. The second kappa shape index (κ2) is 7.75. The number of benzene rings is 1. The second-order valence-corrected chi connectivity index (χ2v) is 3.86. The van der Waals surface area contributed by atoms with Crippen molar-refractivity contribution in [3.8, 4) is 5.75 Å². The Hall–Kier alpha value is -0.500. The SMILES string of the molecule is CN=C(SC)N(C)c1ccc(F)c(OC)c1.I. The number of anilines is 1. The highest BCUT2D eigenvalue weighted by Gasteiger charge is 2.10. The van der Waals surface area contributed by atoms with Crippen LogP contribution in [0.25, 0.3) is 0 Å². The van der Waals surface area contributed by atoms with Gasteiger partial charge in [0.25, 0.3) is 0 Å². The fraction of sp³-hybridized carbons (Fsp3) is 0.364. The second-order valence-electron chi connectivity index (χ2n) is 3.09. The highest BCUT2D eigenvalue weighted by molar-refractivity contribution is 14.0. The Bertz CT molecular complexity index is 401. The summed E-state index contributed by atoms with van der Waals surface area (Å²) in [4.78, 5) is 6.01. The minimum Gasteiger partial charge on any atom is -0.494 e. The molecular weight excluding hydrogens is 354 g/mol. The lowest BCUT2D eigenvalue weighted by atomic mass is 10.3. The molecule has 1 aromatic rings. The lowest BCUT2D eigenvalue weighted by Gasteiger charge is -2.20. The molecule has 0 saturated heterocycles. The fourth-order valence-corrected chi connectivity index (χ4v) is 1.91. The Morgan fingerprint density at radius 3 is 2.59 bits per heavy atom. The topological polar surface area (TPSA) is 24.8 Å². The zero-order chi connectivity index (χ0) is 12.1. The number of rotatable bonds is 2. The first kappa shape index (κ1) is 16.5. The normalized spacial score (nSPS) is 10.8. The van der Waals surface area contributed by atoms with Crippen LogP contribution < -0.4 is 9.64 Å². The molecule has 1 aromatic carbocycles. The van der Waals surface area contributed by atoms with Crippen LogP contribution in [0.5, 0.6) is 5.75 Å². The quantitative estimate of drug-likeness (QED) is 0.454. The zero-order valence-corrected chi connectivity index (χ0v) is 13.4. The molecule has 0 fully saturated rings.